The van der Waals surface area contributed by atoms with Gasteiger partial charge in [0.05, 0.1) is 16.4 Å². The van der Waals surface area contributed by atoms with Gasteiger partial charge in [0, 0.05) is 42.8 Å². The number of carbonyl (C=O) groups excluding carboxylic acids is 1. The first-order valence-electron chi connectivity index (χ1n) is 10.2. The van der Waals surface area contributed by atoms with E-state index in [0.717, 1.165) is 40.0 Å². The van der Waals surface area contributed by atoms with Gasteiger partial charge < -0.3 is 9.80 Å². The number of likely N-dealkylation sites (N-methyl/N-ethyl adjacent to an activating group) is 1. The van der Waals surface area contributed by atoms with Gasteiger partial charge in [0.15, 0.2) is 5.17 Å². The number of aliphatic imine (C=N–C) groups is 1. The summed E-state index contributed by atoms with van der Waals surface area (Å²) in [6, 6.07) is 12.1. The minimum atomic E-state index is -0.0329. The van der Waals surface area contributed by atoms with Crippen LogP contribution in [-0.4, -0.2) is 43.2 Å². The second-order valence-electron chi connectivity index (χ2n) is 7.41. The van der Waals surface area contributed by atoms with Crippen LogP contribution >= 0.6 is 35.1 Å². The molecule has 1 saturated heterocycles. The Bertz CT molecular complexity index is 1110. The summed E-state index contributed by atoms with van der Waals surface area (Å²) in [7, 11) is 3.75. The largest absolute Gasteiger partial charge is 0.372 e. The molecule has 0 unspecified atom stereocenters. The summed E-state index contributed by atoms with van der Waals surface area (Å²) in [5, 5.41) is 2.29. The summed E-state index contributed by atoms with van der Waals surface area (Å²) in [4.78, 5) is 25.7. The Hall–Kier alpha value is -2.09. The van der Waals surface area contributed by atoms with E-state index < -0.39 is 0 Å². The monoisotopic (exact) mass is 472 g/mol. The summed E-state index contributed by atoms with van der Waals surface area (Å²) in [6.45, 7) is 8.30. The molecule has 2 aromatic rings. The van der Waals surface area contributed by atoms with Crippen LogP contribution in [0.4, 0.5) is 17.1 Å². The number of rotatable bonds is 4. The zero-order valence-electron chi connectivity index (χ0n) is 18.3. The normalized spacial score (nSPS) is 19.5. The highest BCUT2D eigenvalue weighted by Crippen LogP contribution is 2.50. The van der Waals surface area contributed by atoms with Gasteiger partial charge >= 0.3 is 0 Å². The average Bonchev–Trinajstić information content (AvgIpc) is 3.22. The van der Waals surface area contributed by atoms with E-state index in [4.69, 9.17) is 16.6 Å². The zero-order valence-corrected chi connectivity index (χ0v) is 20.7. The van der Waals surface area contributed by atoms with Gasteiger partial charge in [-0.3, -0.25) is 9.69 Å². The summed E-state index contributed by atoms with van der Waals surface area (Å²) >= 11 is 9.19. The van der Waals surface area contributed by atoms with E-state index in [9.17, 15) is 4.79 Å². The van der Waals surface area contributed by atoms with Gasteiger partial charge in [-0.1, -0.05) is 23.4 Å². The summed E-state index contributed by atoms with van der Waals surface area (Å²) in [5.74, 6) is -0.0329. The molecule has 31 heavy (non-hydrogen) atoms. The number of halogens is 1. The van der Waals surface area contributed by atoms with E-state index in [1.54, 1.807) is 23.7 Å². The molecule has 2 aromatic carbocycles. The van der Waals surface area contributed by atoms with E-state index in [2.05, 4.69) is 37.8 Å². The zero-order chi connectivity index (χ0) is 22.3. The Balaban J connectivity index is 1.65. The van der Waals surface area contributed by atoms with Gasteiger partial charge in [0.2, 0.25) is 0 Å². The lowest BCUT2D eigenvalue weighted by Crippen LogP contribution is -2.25. The first-order valence-corrected chi connectivity index (χ1v) is 12.2. The number of thioether (sulfide) groups is 2. The molecule has 4 rings (SSSR count). The average molecular weight is 473 g/mol. The molecule has 1 amide bonds. The van der Waals surface area contributed by atoms with Crippen molar-refractivity contribution >= 4 is 63.3 Å². The van der Waals surface area contributed by atoms with Gasteiger partial charge in [-0.15, -0.1) is 0 Å². The van der Waals surface area contributed by atoms with Crippen molar-refractivity contribution in [1.29, 1.82) is 0 Å². The molecule has 0 saturated carbocycles. The first kappa shape index (κ1) is 22.1. The molecule has 0 atom stereocenters. The fourth-order valence-corrected chi connectivity index (χ4v) is 6.12. The first-order chi connectivity index (χ1) is 14.8. The number of anilines is 2. The van der Waals surface area contributed by atoms with Crippen molar-refractivity contribution in [2.75, 3.05) is 37.0 Å². The van der Waals surface area contributed by atoms with E-state index in [0.29, 0.717) is 15.1 Å². The highest BCUT2D eigenvalue weighted by molar-refractivity contribution is 8.19. The van der Waals surface area contributed by atoms with E-state index >= 15 is 0 Å². The van der Waals surface area contributed by atoms with Gasteiger partial charge in [-0.25, -0.2) is 4.99 Å². The number of fused-ring (bicyclic) bond motifs is 1. The molecule has 0 spiro atoms. The fraction of sp³-hybridized carbons (Fsp3) is 0.304. The molecule has 2 aliphatic heterocycles. The van der Waals surface area contributed by atoms with Crippen molar-refractivity contribution in [2.24, 2.45) is 4.99 Å². The van der Waals surface area contributed by atoms with Crippen molar-refractivity contribution in [3.63, 3.8) is 0 Å². The number of amidine groups is 1. The van der Waals surface area contributed by atoms with Gasteiger partial charge in [-0.05, 0) is 74.5 Å². The standard InChI is InChI=1S/C23H25ClN4OS2/c1-6-28(7-2)16-9-10-17(14(3)12-16)25-23-27(5)21(29)20(31-23)22-26(4)18-13-15(24)8-11-19(18)30-22/h8-13H,6-7H2,1-5H3. The summed E-state index contributed by atoms with van der Waals surface area (Å²) < 4.78 is 0. The Morgan fingerprint density at radius 2 is 1.77 bits per heavy atom. The molecule has 2 heterocycles. The highest BCUT2D eigenvalue weighted by Gasteiger charge is 2.37. The maximum absolute atomic E-state index is 13.1. The highest BCUT2D eigenvalue weighted by atomic mass is 35.5. The molecule has 5 nitrogen and oxygen atoms in total. The van der Waals surface area contributed by atoms with E-state index in [1.165, 1.54) is 17.4 Å². The molecule has 162 valence electrons. The molecule has 0 N–H and O–H groups in total. The van der Waals surface area contributed by atoms with Crippen LogP contribution in [0.1, 0.15) is 19.4 Å². The Morgan fingerprint density at radius 3 is 2.45 bits per heavy atom. The van der Waals surface area contributed by atoms with Crippen molar-refractivity contribution < 1.29 is 4.79 Å². The maximum atomic E-state index is 13.1. The molecule has 2 aliphatic rings. The molecule has 0 bridgehead atoms. The topological polar surface area (TPSA) is 39.1 Å². The van der Waals surface area contributed by atoms with Crippen LogP contribution in [0, 0.1) is 6.92 Å². The van der Waals surface area contributed by atoms with Gasteiger partial charge in [-0.2, -0.15) is 0 Å². The third-order valence-corrected chi connectivity index (χ3v) is 8.21. The summed E-state index contributed by atoms with van der Waals surface area (Å²) in [6.07, 6.45) is 0. The molecular formula is C23H25ClN4OS2. The Morgan fingerprint density at radius 1 is 1.03 bits per heavy atom. The molecule has 8 heteroatoms. The van der Waals surface area contributed by atoms with Crippen LogP contribution < -0.4 is 9.80 Å². The minimum absolute atomic E-state index is 0.0329. The van der Waals surface area contributed by atoms with Crippen molar-refractivity contribution in [1.82, 2.24) is 4.90 Å². The number of benzene rings is 2. The van der Waals surface area contributed by atoms with Crippen molar-refractivity contribution in [3.05, 3.63) is 56.9 Å². The van der Waals surface area contributed by atoms with Crippen LogP contribution in [0.25, 0.3) is 0 Å². The molecule has 0 radical (unpaired) electrons. The van der Waals surface area contributed by atoms with Crippen LogP contribution in [0.15, 0.2) is 56.2 Å². The number of carbonyl (C=O) groups is 1. The van der Waals surface area contributed by atoms with Gasteiger partial charge in [0.25, 0.3) is 5.91 Å². The smallest absolute Gasteiger partial charge is 0.269 e. The van der Waals surface area contributed by atoms with E-state index in [1.807, 2.05) is 36.2 Å². The SMILES string of the molecule is CCN(CC)c1ccc(N=C2SC(=C3Sc4ccc(Cl)cc4N3C)C(=O)N2C)c(C)c1. The van der Waals surface area contributed by atoms with Crippen LogP contribution in [0.5, 0.6) is 0 Å². The van der Waals surface area contributed by atoms with Crippen molar-refractivity contribution in [3.8, 4) is 0 Å². The second kappa shape index (κ2) is 8.81. The number of hydrogen-bond acceptors (Lipinski definition) is 6. The molecule has 0 aromatic heterocycles. The van der Waals surface area contributed by atoms with Crippen LogP contribution in [-0.2, 0) is 4.79 Å². The summed E-state index contributed by atoms with van der Waals surface area (Å²) in [5.41, 5.74) is 4.18. The maximum Gasteiger partial charge on any atom is 0.269 e. The fourth-order valence-electron chi connectivity index (χ4n) is 3.65. The molecule has 0 aliphatic carbocycles. The quantitative estimate of drug-likeness (QED) is 0.503. The third kappa shape index (κ3) is 4.06. The molecular weight excluding hydrogens is 448 g/mol. The van der Waals surface area contributed by atoms with Crippen LogP contribution in [0.3, 0.4) is 0 Å². The second-order valence-corrected chi connectivity index (χ2v) is 9.86. The predicted octanol–water partition coefficient (Wildman–Crippen LogP) is 6.10. The number of hydrogen-bond donors (Lipinski definition) is 0. The molecule has 1 fully saturated rings. The lowest BCUT2D eigenvalue weighted by atomic mass is 10.1. The lowest BCUT2D eigenvalue weighted by Gasteiger charge is -2.21. The predicted molar refractivity (Wildman–Crippen MR) is 135 cm³/mol. The lowest BCUT2D eigenvalue weighted by molar-refractivity contribution is -0.121. The number of nitrogens with zero attached hydrogens (tertiary/aromatic N) is 4. The third-order valence-electron chi connectivity index (χ3n) is 5.49. The van der Waals surface area contributed by atoms with Crippen molar-refractivity contribution in [2.45, 2.75) is 25.7 Å². The van der Waals surface area contributed by atoms with E-state index in [-0.39, 0.29) is 5.91 Å². The minimum Gasteiger partial charge on any atom is -0.372 e. The van der Waals surface area contributed by atoms with Crippen LogP contribution in [0.2, 0.25) is 5.02 Å². The number of amides is 1. The Kier molecular flexibility index (Phi) is 6.28. The number of aryl methyl sites for hydroxylation is 1. The van der Waals surface area contributed by atoms with Gasteiger partial charge in [0.1, 0.15) is 4.91 Å². The Labute approximate surface area is 197 Å².